The molecule has 5 heteroatoms. The number of ether oxygens (including phenoxy) is 1. The number of nitrogens with one attached hydrogen (secondary N) is 1. The number of rotatable bonds is 4. The molecule has 4 nitrogen and oxygen atoms in total. The summed E-state index contributed by atoms with van der Waals surface area (Å²) in [5.74, 6) is 0.271. The molecule has 2 aromatic rings. The largest absolute Gasteiger partial charge is 0.493 e. The fourth-order valence-corrected chi connectivity index (χ4v) is 1.92. The number of amides is 1. The van der Waals surface area contributed by atoms with Crippen molar-refractivity contribution in [2.75, 3.05) is 11.9 Å². The first-order chi connectivity index (χ1) is 9.61. The standard InChI is InChI=1S/C15H15ClN2O2/c1-3-20-13-7-5-4-6-11(13)15(19)18-12-8-10(2)9-17-14(12)16/h4-9H,3H2,1-2H3,(H,18,19). The number of hydrogen-bond donors (Lipinski definition) is 1. The summed E-state index contributed by atoms with van der Waals surface area (Å²) in [6, 6.07) is 8.85. The monoisotopic (exact) mass is 290 g/mol. The van der Waals surface area contributed by atoms with Gasteiger partial charge in [0, 0.05) is 6.20 Å². The number of nitrogens with zero attached hydrogens (tertiary/aromatic N) is 1. The van der Waals surface area contributed by atoms with Gasteiger partial charge >= 0.3 is 0 Å². The number of pyridine rings is 1. The number of hydrogen-bond acceptors (Lipinski definition) is 3. The van der Waals surface area contributed by atoms with Gasteiger partial charge in [-0.3, -0.25) is 4.79 Å². The predicted molar refractivity (Wildman–Crippen MR) is 79.5 cm³/mol. The number of benzene rings is 1. The van der Waals surface area contributed by atoms with Crippen LogP contribution < -0.4 is 10.1 Å². The van der Waals surface area contributed by atoms with Crippen LogP contribution in [0.2, 0.25) is 5.15 Å². The average molecular weight is 291 g/mol. The first-order valence-electron chi connectivity index (χ1n) is 6.27. The topological polar surface area (TPSA) is 51.2 Å². The lowest BCUT2D eigenvalue weighted by Crippen LogP contribution is -2.14. The summed E-state index contributed by atoms with van der Waals surface area (Å²) in [5, 5.41) is 3.01. The smallest absolute Gasteiger partial charge is 0.259 e. The molecule has 0 unspecified atom stereocenters. The number of para-hydroxylation sites is 1. The second-order valence-corrected chi connectivity index (χ2v) is 4.59. The van der Waals surface area contributed by atoms with Crippen molar-refractivity contribution in [2.24, 2.45) is 0 Å². The summed E-state index contributed by atoms with van der Waals surface area (Å²) >= 11 is 5.97. The Morgan fingerprint density at radius 1 is 1.40 bits per heavy atom. The molecule has 1 amide bonds. The molecule has 0 aliphatic heterocycles. The molecular formula is C15H15ClN2O2. The van der Waals surface area contributed by atoms with Crippen LogP contribution in [0.15, 0.2) is 36.5 Å². The van der Waals surface area contributed by atoms with Gasteiger partial charge in [0.2, 0.25) is 0 Å². The molecular weight excluding hydrogens is 276 g/mol. The minimum absolute atomic E-state index is 0.262. The lowest BCUT2D eigenvalue weighted by molar-refractivity contribution is 0.102. The van der Waals surface area contributed by atoms with Crippen molar-refractivity contribution in [3.8, 4) is 5.75 Å². The zero-order chi connectivity index (χ0) is 14.5. The zero-order valence-corrected chi connectivity index (χ0v) is 12.1. The van der Waals surface area contributed by atoms with Crippen molar-refractivity contribution in [1.29, 1.82) is 0 Å². The predicted octanol–water partition coefficient (Wildman–Crippen LogP) is 3.69. The van der Waals surface area contributed by atoms with Gasteiger partial charge in [0.05, 0.1) is 17.9 Å². The van der Waals surface area contributed by atoms with Crippen LogP contribution >= 0.6 is 11.6 Å². The Labute approximate surface area is 122 Å². The van der Waals surface area contributed by atoms with E-state index >= 15 is 0 Å². The Balaban J connectivity index is 2.26. The Bertz CT molecular complexity index is 629. The van der Waals surface area contributed by atoms with Gasteiger partial charge in [0.15, 0.2) is 5.15 Å². The van der Waals surface area contributed by atoms with Gasteiger partial charge in [-0.15, -0.1) is 0 Å². The lowest BCUT2D eigenvalue weighted by atomic mass is 10.2. The summed E-state index contributed by atoms with van der Waals surface area (Å²) in [7, 11) is 0. The maximum Gasteiger partial charge on any atom is 0.259 e. The fourth-order valence-electron chi connectivity index (χ4n) is 1.77. The third-order valence-electron chi connectivity index (χ3n) is 2.66. The quantitative estimate of drug-likeness (QED) is 0.874. The second kappa shape index (κ2) is 6.39. The molecule has 20 heavy (non-hydrogen) atoms. The van der Waals surface area contributed by atoms with E-state index in [-0.39, 0.29) is 11.1 Å². The number of aryl methyl sites for hydroxylation is 1. The molecule has 0 aliphatic carbocycles. The van der Waals surface area contributed by atoms with Gasteiger partial charge in [-0.2, -0.15) is 0 Å². The molecule has 0 saturated heterocycles. The highest BCUT2D eigenvalue weighted by atomic mass is 35.5. The third-order valence-corrected chi connectivity index (χ3v) is 2.96. The maximum atomic E-state index is 12.3. The second-order valence-electron chi connectivity index (χ2n) is 4.23. The van der Waals surface area contributed by atoms with Crippen molar-refractivity contribution >= 4 is 23.2 Å². The fraction of sp³-hybridized carbons (Fsp3) is 0.200. The van der Waals surface area contributed by atoms with Crippen molar-refractivity contribution in [2.45, 2.75) is 13.8 Å². The number of halogens is 1. The highest BCUT2D eigenvalue weighted by molar-refractivity contribution is 6.32. The van der Waals surface area contributed by atoms with Crippen molar-refractivity contribution < 1.29 is 9.53 Å². The Morgan fingerprint density at radius 2 is 2.15 bits per heavy atom. The third kappa shape index (κ3) is 3.27. The Morgan fingerprint density at radius 3 is 2.90 bits per heavy atom. The highest BCUT2D eigenvalue weighted by Crippen LogP contribution is 2.23. The van der Waals surface area contributed by atoms with E-state index in [2.05, 4.69) is 10.3 Å². The first kappa shape index (κ1) is 14.3. The van der Waals surface area contributed by atoms with E-state index in [0.29, 0.717) is 23.6 Å². The minimum atomic E-state index is -0.275. The summed E-state index contributed by atoms with van der Waals surface area (Å²) in [6.45, 7) is 4.25. The molecule has 1 aromatic heterocycles. The van der Waals surface area contributed by atoms with Crippen LogP contribution in [0.1, 0.15) is 22.8 Å². The molecule has 1 heterocycles. The van der Waals surface area contributed by atoms with Crippen LogP contribution in [0.4, 0.5) is 5.69 Å². The molecule has 0 aliphatic rings. The van der Waals surface area contributed by atoms with Gasteiger partial charge in [0.1, 0.15) is 5.75 Å². The van der Waals surface area contributed by atoms with Crippen molar-refractivity contribution in [3.63, 3.8) is 0 Å². The van der Waals surface area contributed by atoms with Gasteiger partial charge in [-0.25, -0.2) is 4.98 Å². The number of carbonyl (C=O) groups excluding carboxylic acids is 1. The van der Waals surface area contributed by atoms with Crippen LogP contribution in [-0.2, 0) is 0 Å². The van der Waals surface area contributed by atoms with E-state index in [1.54, 1.807) is 30.5 Å². The summed E-state index contributed by atoms with van der Waals surface area (Å²) in [6.07, 6.45) is 1.64. The SMILES string of the molecule is CCOc1ccccc1C(=O)Nc1cc(C)cnc1Cl. The molecule has 0 saturated carbocycles. The highest BCUT2D eigenvalue weighted by Gasteiger charge is 2.13. The molecule has 1 N–H and O–H groups in total. The molecule has 0 fully saturated rings. The van der Waals surface area contributed by atoms with E-state index in [9.17, 15) is 4.79 Å². The van der Waals surface area contributed by atoms with Gasteiger partial charge in [0.25, 0.3) is 5.91 Å². The van der Waals surface area contributed by atoms with E-state index < -0.39 is 0 Å². The van der Waals surface area contributed by atoms with E-state index in [4.69, 9.17) is 16.3 Å². The first-order valence-corrected chi connectivity index (χ1v) is 6.65. The van der Waals surface area contributed by atoms with Crippen LogP contribution in [0.25, 0.3) is 0 Å². The Hall–Kier alpha value is -2.07. The lowest BCUT2D eigenvalue weighted by Gasteiger charge is -2.11. The minimum Gasteiger partial charge on any atom is -0.493 e. The molecule has 0 spiro atoms. The molecule has 2 rings (SSSR count). The van der Waals surface area contributed by atoms with Crippen molar-refractivity contribution in [3.05, 3.63) is 52.8 Å². The zero-order valence-electron chi connectivity index (χ0n) is 11.3. The van der Waals surface area contributed by atoms with Crippen LogP contribution in [-0.4, -0.2) is 17.5 Å². The van der Waals surface area contributed by atoms with Gasteiger partial charge in [-0.05, 0) is 37.6 Å². The van der Waals surface area contributed by atoms with E-state index in [1.807, 2.05) is 19.9 Å². The molecule has 1 aromatic carbocycles. The van der Waals surface area contributed by atoms with Crippen LogP contribution in [0.3, 0.4) is 0 Å². The molecule has 0 radical (unpaired) electrons. The number of carbonyl (C=O) groups is 1. The normalized spacial score (nSPS) is 10.2. The molecule has 0 bridgehead atoms. The number of aromatic nitrogens is 1. The maximum absolute atomic E-state index is 12.3. The summed E-state index contributed by atoms with van der Waals surface area (Å²) in [4.78, 5) is 16.3. The Kier molecular flexibility index (Phi) is 4.58. The molecule has 0 atom stereocenters. The van der Waals surface area contributed by atoms with E-state index in [0.717, 1.165) is 5.56 Å². The number of anilines is 1. The average Bonchev–Trinajstić information content (AvgIpc) is 2.44. The summed E-state index contributed by atoms with van der Waals surface area (Å²) in [5.41, 5.74) is 1.87. The van der Waals surface area contributed by atoms with Gasteiger partial charge in [-0.1, -0.05) is 23.7 Å². The molecule has 104 valence electrons. The van der Waals surface area contributed by atoms with Crippen LogP contribution in [0.5, 0.6) is 5.75 Å². The van der Waals surface area contributed by atoms with E-state index in [1.165, 1.54) is 0 Å². The summed E-state index contributed by atoms with van der Waals surface area (Å²) < 4.78 is 5.44. The van der Waals surface area contributed by atoms with Crippen molar-refractivity contribution in [1.82, 2.24) is 4.98 Å². The van der Waals surface area contributed by atoms with Gasteiger partial charge < -0.3 is 10.1 Å². The van der Waals surface area contributed by atoms with Crippen LogP contribution in [0, 0.1) is 6.92 Å².